The van der Waals surface area contributed by atoms with Crippen molar-refractivity contribution in [3.05, 3.63) is 29.8 Å². The molecule has 1 saturated heterocycles. The van der Waals surface area contributed by atoms with Gasteiger partial charge in [0.05, 0.1) is 6.10 Å². The van der Waals surface area contributed by atoms with E-state index in [0.29, 0.717) is 31.0 Å². The predicted octanol–water partition coefficient (Wildman–Crippen LogP) is 2.33. The molecule has 1 heterocycles. The number of hydrogen-bond acceptors (Lipinski definition) is 3. The molecule has 1 aliphatic rings. The standard InChI is InChI=1S/C16H24N2O3S/c1-16(2,3)22(21)11-12-5-4-6-13(9-12)17-15(20)18-8-7-14(19)10-18/h4-6,9,14,19H,7-8,10-11H2,1-3H3,(H,17,20)/t14-,22+/m0/s1. The topological polar surface area (TPSA) is 69.6 Å². The Kier molecular flexibility index (Phi) is 5.24. The Hall–Kier alpha value is -1.40. The minimum atomic E-state index is -0.972. The number of nitrogens with one attached hydrogen (secondary N) is 1. The van der Waals surface area contributed by atoms with Gasteiger partial charge < -0.3 is 15.3 Å². The Labute approximate surface area is 134 Å². The number of nitrogens with zero attached hydrogens (tertiary/aromatic N) is 1. The molecule has 0 spiro atoms. The molecule has 122 valence electrons. The van der Waals surface area contributed by atoms with Crippen LogP contribution >= 0.6 is 0 Å². The predicted molar refractivity (Wildman–Crippen MR) is 89.3 cm³/mol. The van der Waals surface area contributed by atoms with Gasteiger partial charge in [0.25, 0.3) is 0 Å². The summed E-state index contributed by atoms with van der Waals surface area (Å²) in [5, 5.41) is 12.3. The molecule has 0 bridgehead atoms. The first-order valence-corrected chi connectivity index (χ1v) is 8.79. The Bertz CT molecular complexity index is 569. The summed E-state index contributed by atoms with van der Waals surface area (Å²) in [6.45, 7) is 6.80. The number of carbonyl (C=O) groups is 1. The van der Waals surface area contributed by atoms with Gasteiger partial charge in [0.2, 0.25) is 0 Å². The lowest BCUT2D eigenvalue weighted by Gasteiger charge is -2.19. The summed E-state index contributed by atoms with van der Waals surface area (Å²) in [4.78, 5) is 13.7. The van der Waals surface area contributed by atoms with E-state index in [-0.39, 0.29) is 10.8 Å². The van der Waals surface area contributed by atoms with Gasteiger partial charge in [0, 0.05) is 40.1 Å². The lowest BCUT2D eigenvalue weighted by atomic mass is 10.2. The monoisotopic (exact) mass is 324 g/mol. The summed E-state index contributed by atoms with van der Waals surface area (Å²) in [5.41, 5.74) is 1.63. The van der Waals surface area contributed by atoms with Gasteiger partial charge in [-0.15, -0.1) is 0 Å². The Morgan fingerprint density at radius 1 is 1.45 bits per heavy atom. The number of carbonyl (C=O) groups excluding carboxylic acids is 1. The van der Waals surface area contributed by atoms with Crippen LogP contribution < -0.4 is 5.32 Å². The van der Waals surface area contributed by atoms with E-state index in [1.807, 2.05) is 45.0 Å². The van der Waals surface area contributed by atoms with Crippen LogP contribution in [-0.4, -0.2) is 44.2 Å². The van der Waals surface area contributed by atoms with E-state index in [2.05, 4.69) is 5.32 Å². The van der Waals surface area contributed by atoms with Crippen molar-refractivity contribution < 1.29 is 14.1 Å². The van der Waals surface area contributed by atoms with Gasteiger partial charge in [-0.2, -0.15) is 0 Å². The van der Waals surface area contributed by atoms with Gasteiger partial charge >= 0.3 is 6.03 Å². The second-order valence-electron chi connectivity index (χ2n) is 6.62. The molecule has 2 N–H and O–H groups in total. The van der Waals surface area contributed by atoms with Crippen molar-refractivity contribution in [2.45, 2.75) is 43.8 Å². The maximum Gasteiger partial charge on any atom is 0.321 e. The van der Waals surface area contributed by atoms with Crippen molar-refractivity contribution in [1.82, 2.24) is 4.90 Å². The van der Waals surface area contributed by atoms with Crippen molar-refractivity contribution in [3.63, 3.8) is 0 Å². The molecular weight excluding hydrogens is 300 g/mol. The van der Waals surface area contributed by atoms with Crippen molar-refractivity contribution in [3.8, 4) is 0 Å². The van der Waals surface area contributed by atoms with Crippen molar-refractivity contribution in [2.24, 2.45) is 0 Å². The molecule has 2 amide bonds. The Morgan fingerprint density at radius 3 is 2.77 bits per heavy atom. The molecule has 0 aliphatic carbocycles. The fourth-order valence-electron chi connectivity index (χ4n) is 2.24. The minimum absolute atomic E-state index is 0.203. The molecule has 0 aromatic heterocycles. The molecule has 22 heavy (non-hydrogen) atoms. The number of amides is 2. The minimum Gasteiger partial charge on any atom is -0.391 e. The second-order valence-corrected chi connectivity index (χ2v) is 8.83. The van der Waals surface area contributed by atoms with Crippen LogP contribution in [0.1, 0.15) is 32.8 Å². The van der Waals surface area contributed by atoms with Gasteiger partial charge in [-0.1, -0.05) is 12.1 Å². The van der Waals surface area contributed by atoms with Crippen LogP contribution in [-0.2, 0) is 16.6 Å². The molecule has 1 aromatic rings. The zero-order valence-electron chi connectivity index (χ0n) is 13.3. The number of aliphatic hydroxyl groups is 1. The molecule has 0 unspecified atom stereocenters. The molecule has 2 rings (SSSR count). The summed E-state index contributed by atoms with van der Waals surface area (Å²) in [6.07, 6.45) is 0.198. The number of aliphatic hydroxyl groups excluding tert-OH is 1. The van der Waals surface area contributed by atoms with E-state index in [1.165, 1.54) is 0 Å². The Morgan fingerprint density at radius 2 is 2.18 bits per heavy atom. The summed E-state index contributed by atoms with van der Waals surface area (Å²) in [7, 11) is -0.972. The van der Waals surface area contributed by atoms with Crippen LogP contribution in [0.4, 0.5) is 10.5 Å². The number of likely N-dealkylation sites (tertiary alicyclic amines) is 1. The molecule has 1 aromatic carbocycles. The first-order valence-electron chi connectivity index (χ1n) is 7.47. The van der Waals surface area contributed by atoms with Crippen LogP contribution in [0.3, 0.4) is 0 Å². The smallest absolute Gasteiger partial charge is 0.321 e. The van der Waals surface area contributed by atoms with Gasteiger partial charge in [-0.3, -0.25) is 4.21 Å². The molecule has 0 saturated carbocycles. The first-order chi connectivity index (χ1) is 10.3. The van der Waals surface area contributed by atoms with Gasteiger partial charge in [0.15, 0.2) is 0 Å². The van der Waals surface area contributed by atoms with E-state index in [4.69, 9.17) is 0 Å². The lowest BCUT2D eigenvalue weighted by Crippen LogP contribution is -2.33. The van der Waals surface area contributed by atoms with E-state index < -0.39 is 16.9 Å². The molecule has 5 nitrogen and oxygen atoms in total. The zero-order valence-corrected chi connectivity index (χ0v) is 14.2. The average Bonchev–Trinajstić information content (AvgIpc) is 2.85. The lowest BCUT2D eigenvalue weighted by molar-refractivity contribution is 0.176. The molecule has 6 heteroatoms. The third-order valence-electron chi connectivity index (χ3n) is 3.61. The summed E-state index contributed by atoms with van der Waals surface area (Å²) < 4.78 is 11.9. The number of anilines is 1. The van der Waals surface area contributed by atoms with Crippen LogP contribution in [0.15, 0.2) is 24.3 Å². The highest BCUT2D eigenvalue weighted by molar-refractivity contribution is 7.85. The highest BCUT2D eigenvalue weighted by atomic mass is 32.2. The highest BCUT2D eigenvalue weighted by Crippen LogP contribution is 2.19. The molecule has 1 fully saturated rings. The van der Waals surface area contributed by atoms with E-state index in [1.54, 1.807) is 4.90 Å². The summed E-state index contributed by atoms with van der Waals surface area (Å²) in [5.74, 6) is 0.468. The fraction of sp³-hybridized carbons (Fsp3) is 0.562. The number of benzene rings is 1. The van der Waals surface area contributed by atoms with E-state index in [9.17, 15) is 14.1 Å². The molecule has 1 aliphatic heterocycles. The second kappa shape index (κ2) is 6.79. The third kappa shape index (κ3) is 4.55. The zero-order chi connectivity index (χ0) is 16.3. The number of hydrogen-bond donors (Lipinski definition) is 2. The molecule has 0 radical (unpaired) electrons. The SMILES string of the molecule is CC(C)(C)[S@](=O)Cc1cccc(NC(=O)N2CC[C@H](O)C2)c1. The quantitative estimate of drug-likeness (QED) is 0.896. The first kappa shape index (κ1) is 17.0. The molecule has 2 atom stereocenters. The highest BCUT2D eigenvalue weighted by Gasteiger charge is 2.24. The number of rotatable bonds is 3. The summed E-state index contributed by atoms with van der Waals surface area (Å²) in [6, 6.07) is 7.23. The van der Waals surface area contributed by atoms with Gasteiger partial charge in [0.1, 0.15) is 0 Å². The largest absolute Gasteiger partial charge is 0.391 e. The van der Waals surface area contributed by atoms with E-state index >= 15 is 0 Å². The van der Waals surface area contributed by atoms with Gasteiger partial charge in [-0.25, -0.2) is 4.79 Å². The maximum atomic E-state index is 12.2. The third-order valence-corrected chi connectivity index (χ3v) is 5.57. The van der Waals surface area contributed by atoms with Crippen LogP contribution in [0, 0.1) is 0 Å². The summed E-state index contributed by atoms with van der Waals surface area (Å²) >= 11 is 0. The van der Waals surface area contributed by atoms with Gasteiger partial charge in [-0.05, 0) is 44.9 Å². The average molecular weight is 324 g/mol. The van der Waals surface area contributed by atoms with E-state index in [0.717, 1.165) is 5.56 Å². The van der Waals surface area contributed by atoms with Crippen molar-refractivity contribution in [2.75, 3.05) is 18.4 Å². The van der Waals surface area contributed by atoms with Crippen LogP contribution in [0.25, 0.3) is 0 Å². The molecular formula is C16H24N2O3S. The Balaban J connectivity index is 1.99. The van der Waals surface area contributed by atoms with Crippen LogP contribution in [0.2, 0.25) is 0 Å². The maximum absolute atomic E-state index is 12.2. The number of urea groups is 1. The van der Waals surface area contributed by atoms with Crippen molar-refractivity contribution >= 4 is 22.5 Å². The number of β-amino-alcohol motifs (C(OH)–C–C–N with tert-alkyl or cyclic N) is 1. The normalized spacial score (nSPS) is 20.0. The van der Waals surface area contributed by atoms with Crippen LogP contribution in [0.5, 0.6) is 0 Å². The van der Waals surface area contributed by atoms with Crippen molar-refractivity contribution in [1.29, 1.82) is 0 Å². The fourth-order valence-corrected chi connectivity index (χ4v) is 3.15.